The molecule has 2 aromatic carbocycles. The van der Waals surface area contributed by atoms with Crippen LogP contribution in [0.1, 0.15) is 62.8 Å². The third-order valence-electron chi connectivity index (χ3n) is 4.40. The highest BCUT2D eigenvalue weighted by Crippen LogP contribution is 2.23. The van der Waals surface area contributed by atoms with Crippen molar-refractivity contribution in [3.05, 3.63) is 89.5 Å². The van der Waals surface area contributed by atoms with Gasteiger partial charge in [-0.25, -0.2) is 0 Å². The molecule has 124 valence electrons. The molecule has 2 rings (SSSR count). The Morgan fingerprint density at radius 2 is 1.29 bits per heavy atom. The van der Waals surface area contributed by atoms with Gasteiger partial charge in [-0.15, -0.1) is 0 Å². The van der Waals surface area contributed by atoms with Gasteiger partial charge < -0.3 is 0 Å². The Balaban J connectivity index is 2.27. The lowest BCUT2D eigenvalue weighted by Crippen LogP contribution is -1.89. The van der Waals surface area contributed by atoms with Crippen LogP contribution in [-0.4, -0.2) is 0 Å². The molecule has 0 N–H and O–H groups in total. The van der Waals surface area contributed by atoms with Crippen LogP contribution in [-0.2, 0) is 0 Å². The van der Waals surface area contributed by atoms with Gasteiger partial charge in [0.15, 0.2) is 0 Å². The maximum Gasteiger partial charge on any atom is -0.0219 e. The zero-order chi connectivity index (χ0) is 17.7. The molecule has 2 aromatic rings. The Kier molecular flexibility index (Phi) is 5.98. The fraction of sp³-hybridized carbons (Fsp3) is 0.250. The van der Waals surface area contributed by atoms with E-state index in [-0.39, 0.29) is 0 Å². The van der Waals surface area contributed by atoms with E-state index in [1.54, 1.807) is 0 Å². The summed E-state index contributed by atoms with van der Waals surface area (Å²) in [6.45, 7) is 14.9. The number of rotatable bonds is 5. The van der Waals surface area contributed by atoms with Crippen LogP contribution < -0.4 is 0 Å². The Labute approximate surface area is 147 Å². The van der Waals surface area contributed by atoms with E-state index in [0.717, 1.165) is 5.57 Å². The van der Waals surface area contributed by atoms with E-state index in [9.17, 15) is 0 Å². The summed E-state index contributed by atoms with van der Waals surface area (Å²) in [4.78, 5) is 0. The normalized spacial score (nSPS) is 12.6. The third-order valence-corrected chi connectivity index (χ3v) is 4.40. The van der Waals surface area contributed by atoms with E-state index >= 15 is 0 Å². The van der Waals surface area contributed by atoms with Crippen molar-refractivity contribution in [2.24, 2.45) is 0 Å². The first-order valence-corrected chi connectivity index (χ1v) is 8.60. The molecule has 0 heterocycles. The van der Waals surface area contributed by atoms with Gasteiger partial charge in [0.05, 0.1) is 0 Å². The van der Waals surface area contributed by atoms with E-state index in [4.69, 9.17) is 0 Å². The molecular formula is C24H28. The Bertz CT molecular complexity index is 785. The molecule has 24 heavy (non-hydrogen) atoms. The van der Waals surface area contributed by atoms with Gasteiger partial charge >= 0.3 is 0 Å². The van der Waals surface area contributed by atoms with Crippen molar-refractivity contribution >= 4 is 16.7 Å². The van der Waals surface area contributed by atoms with Crippen molar-refractivity contribution < 1.29 is 0 Å². The predicted octanol–water partition coefficient (Wildman–Crippen LogP) is 7.35. The topological polar surface area (TPSA) is 0 Å². The van der Waals surface area contributed by atoms with Gasteiger partial charge in [-0.05, 0) is 66.2 Å². The van der Waals surface area contributed by atoms with Crippen molar-refractivity contribution in [3.63, 3.8) is 0 Å². The summed E-state index contributed by atoms with van der Waals surface area (Å²) in [6, 6.07) is 17.4. The van der Waals surface area contributed by atoms with Gasteiger partial charge in [0.25, 0.3) is 0 Å². The van der Waals surface area contributed by atoms with Crippen molar-refractivity contribution in [1.29, 1.82) is 0 Å². The van der Waals surface area contributed by atoms with Crippen LogP contribution in [0.5, 0.6) is 0 Å². The molecule has 0 atom stereocenters. The molecule has 0 aliphatic carbocycles. The van der Waals surface area contributed by atoms with Crippen LogP contribution in [0.25, 0.3) is 16.7 Å². The Morgan fingerprint density at radius 1 is 0.792 bits per heavy atom. The molecule has 0 nitrogen and oxygen atoms in total. The fourth-order valence-electron chi connectivity index (χ4n) is 2.62. The van der Waals surface area contributed by atoms with Crippen molar-refractivity contribution in [2.45, 2.75) is 40.5 Å². The Morgan fingerprint density at radius 3 is 1.83 bits per heavy atom. The van der Waals surface area contributed by atoms with Gasteiger partial charge in [-0.3, -0.25) is 0 Å². The predicted molar refractivity (Wildman–Crippen MR) is 109 cm³/mol. The minimum absolute atomic E-state index is 0.555. The number of hydrogen-bond acceptors (Lipinski definition) is 0. The standard InChI is InChI=1S/C24H28/c1-17(2)21-9-7-11-23(15-21)19(5)13-14-20(6)24-12-8-10-22(16-24)18(3)4/h7-16,18H,1H2,2-6H3/b19-13+,20-14+. The zero-order valence-electron chi connectivity index (χ0n) is 15.6. The first-order chi connectivity index (χ1) is 11.4. The molecule has 0 aliphatic heterocycles. The molecule has 0 fully saturated rings. The highest BCUT2D eigenvalue weighted by Gasteiger charge is 2.02. The van der Waals surface area contributed by atoms with Crippen LogP contribution in [0.3, 0.4) is 0 Å². The number of hydrogen-bond donors (Lipinski definition) is 0. The lowest BCUT2D eigenvalue weighted by atomic mass is 9.97. The summed E-state index contributed by atoms with van der Waals surface area (Å²) in [5.41, 5.74) is 8.77. The van der Waals surface area contributed by atoms with Gasteiger partial charge in [0, 0.05) is 0 Å². The summed E-state index contributed by atoms with van der Waals surface area (Å²) >= 11 is 0. The van der Waals surface area contributed by atoms with E-state index in [1.807, 2.05) is 6.92 Å². The largest absolute Gasteiger partial charge is 0.0955 e. The fourth-order valence-corrected chi connectivity index (χ4v) is 2.62. The number of allylic oxidation sites excluding steroid dienone is 5. The summed E-state index contributed by atoms with van der Waals surface area (Å²) in [6.07, 6.45) is 4.41. The summed E-state index contributed by atoms with van der Waals surface area (Å²) < 4.78 is 0. The molecule has 0 saturated carbocycles. The summed E-state index contributed by atoms with van der Waals surface area (Å²) in [5.74, 6) is 0.555. The molecule has 0 aliphatic rings. The van der Waals surface area contributed by atoms with Crippen molar-refractivity contribution in [2.75, 3.05) is 0 Å². The monoisotopic (exact) mass is 316 g/mol. The first kappa shape index (κ1) is 18.0. The molecular weight excluding hydrogens is 288 g/mol. The van der Waals surface area contributed by atoms with Gasteiger partial charge in [-0.2, -0.15) is 0 Å². The van der Waals surface area contributed by atoms with E-state index < -0.39 is 0 Å². The third kappa shape index (κ3) is 4.58. The highest BCUT2D eigenvalue weighted by atomic mass is 14.1. The second-order valence-electron chi connectivity index (χ2n) is 6.84. The molecule has 0 spiro atoms. The first-order valence-electron chi connectivity index (χ1n) is 8.60. The van der Waals surface area contributed by atoms with Crippen molar-refractivity contribution in [3.8, 4) is 0 Å². The van der Waals surface area contributed by atoms with E-state index in [2.05, 4.69) is 95.0 Å². The van der Waals surface area contributed by atoms with Crippen LogP contribution >= 0.6 is 0 Å². The zero-order valence-corrected chi connectivity index (χ0v) is 15.6. The quantitative estimate of drug-likeness (QED) is 0.506. The van der Waals surface area contributed by atoms with E-state index in [0.29, 0.717) is 5.92 Å². The lowest BCUT2D eigenvalue weighted by molar-refractivity contribution is 0.866. The van der Waals surface area contributed by atoms with Crippen LogP contribution in [0.15, 0.2) is 67.3 Å². The van der Waals surface area contributed by atoms with Crippen LogP contribution in [0, 0.1) is 0 Å². The maximum atomic E-state index is 4.03. The average molecular weight is 316 g/mol. The molecule has 0 heteroatoms. The minimum atomic E-state index is 0.555. The van der Waals surface area contributed by atoms with Crippen molar-refractivity contribution in [1.82, 2.24) is 0 Å². The molecule has 0 radical (unpaired) electrons. The Hall–Kier alpha value is -2.34. The highest BCUT2D eigenvalue weighted by molar-refractivity contribution is 5.73. The summed E-state index contributed by atoms with van der Waals surface area (Å²) in [7, 11) is 0. The van der Waals surface area contributed by atoms with Gasteiger partial charge in [0.2, 0.25) is 0 Å². The second kappa shape index (κ2) is 7.97. The molecule has 0 unspecified atom stereocenters. The SMILES string of the molecule is C=C(C)c1cccc(/C(C)=C/C=C(\C)c2cccc(C(C)C)c2)c1. The average Bonchev–Trinajstić information content (AvgIpc) is 2.59. The van der Waals surface area contributed by atoms with Gasteiger partial charge in [0.1, 0.15) is 0 Å². The lowest BCUT2D eigenvalue weighted by Gasteiger charge is -2.08. The van der Waals surface area contributed by atoms with Gasteiger partial charge in [-0.1, -0.05) is 80.6 Å². The summed E-state index contributed by atoms with van der Waals surface area (Å²) in [5, 5.41) is 0. The van der Waals surface area contributed by atoms with Crippen LogP contribution in [0.4, 0.5) is 0 Å². The minimum Gasteiger partial charge on any atom is -0.0955 e. The maximum absolute atomic E-state index is 4.03. The second-order valence-corrected chi connectivity index (χ2v) is 6.84. The van der Waals surface area contributed by atoms with E-state index in [1.165, 1.54) is 33.4 Å². The molecule has 0 saturated heterocycles. The number of benzene rings is 2. The molecule has 0 bridgehead atoms. The van der Waals surface area contributed by atoms with Crippen LogP contribution in [0.2, 0.25) is 0 Å². The smallest absolute Gasteiger partial charge is 0.0219 e. The molecule has 0 amide bonds. The molecule has 0 aromatic heterocycles.